The highest BCUT2D eigenvalue weighted by Crippen LogP contribution is 2.21. The molecule has 0 aromatic rings. The van der Waals surface area contributed by atoms with Crippen molar-refractivity contribution in [2.45, 2.75) is 76.4 Å². The lowest BCUT2D eigenvalue weighted by Gasteiger charge is -2.35. The highest BCUT2D eigenvalue weighted by atomic mass is 35.5. The van der Waals surface area contributed by atoms with Gasteiger partial charge in [-0.3, -0.25) is 4.79 Å². The Morgan fingerprint density at radius 1 is 1.00 bits per heavy atom. The fourth-order valence-electron chi connectivity index (χ4n) is 4.25. The van der Waals surface area contributed by atoms with Crippen molar-refractivity contribution in [2.24, 2.45) is 5.92 Å². The van der Waals surface area contributed by atoms with Crippen molar-refractivity contribution in [3.8, 4) is 0 Å². The Kier molecular flexibility index (Phi) is 7.81. The molecule has 6 nitrogen and oxygen atoms in total. The Bertz CT molecular complexity index is 456. The molecule has 3 fully saturated rings. The van der Waals surface area contributed by atoms with E-state index in [1.807, 2.05) is 4.90 Å². The predicted molar refractivity (Wildman–Crippen MR) is 101 cm³/mol. The molecular formula is C18H33ClN4O2. The number of hydrogen-bond donors (Lipinski definition) is 3. The maximum absolute atomic E-state index is 12.6. The van der Waals surface area contributed by atoms with Gasteiger partial charge in [0.15, 0.2) is 0 Å². The summed E-state index contributed by atoms with van der Waals surface area (Å²) in [6, 6.07) is 0.898. The molecule has 1 aliphatic carbocycles. The van der Waals surface area contributed by atoms with Gasteiger partial charge in [0.25, 0.3) is 0 Å². The monoisotopic (exact) mass is 372 g/mol. The predicted octanol–water partition coefficient (Wildman–Crippen LogP) is 2.03. The number of halogens is 1. The molecule has 3 N–H and O–H groups in total. The van der Waals surface area contributed by atoms with Gasteiger partial charge in [0.1, 0.15) is 0 Å². The summed E-state index contributed by atoms with van der Waals surface area (Å²) in [6.07, 6.45) is 8.55. The standard InChI is InChI=1S/C18H32N4O2.ClH/c1-13-16(9-4-10-19-13)21-17(23)14-6-5-11-22(12-14)18(24)20-15-7-2-3-8-15;/h13-16,19H,2-12H2,1H3,(H,20,24)(H,21,23);1H. The average Bonchev–Trinajstić information content (AvgIpc) is 3.10. The quantitative estimate of drug-likeness (QED) is 0.709. The van der Waals surface area contributed by atoms with Crippen LogP contribution in [-0.2, 0) is 4.79 Å². The number of amides is 3. The van der Waals surface area contributed by atoms with Gasteiger partial charge in [0, 0.05) is 31.2 Å². The summed E-state index contributed by atoms with van der Waals surface area (Å²) < 4.78 is 0. The van der Waals surface area contributed by atoms with Crippen molar-refractivity contribution in [1.29, 1.82) is 0 Å². The maximum atomic E-state index is 12.6. The van der Waals surface area contributed by atoms with E-state index >= 15 is 0 Å². The summed E-state index contributed by atoms with van der Waals surface area (Å²) in [4.78, 5) is 26.9. The maximum Gasteiger partial charge on any atom is 0.317 e. The third kappa shape index (κ3) is 5.48. The minimum absolute atomic E-state index is 0. The molecule has 3 unspecified atom stereocenters. The van der Waals surface area contributed by atoms with Gasteiger partial charge in [-0.1, -0.05) is 12.8 Å². The minimum atomic E-state index is -0.0674. The number of piperidine rings is 2. The molecule has 3 atom stereocenters. The first-order valence-electron chi connectivity index (χ1n) is 9.72. The van der Waals surface area contributed by atoms with Crippen LogP contribution in [0.15, 0.2) is 0 Å². The first-order chi connectivity index (χ1) is 11.6. The van der Waals surface area contributed by atoms with E-state index in [0.29, 0.717) is 18.6 Å². The summed E-state index contributed by atoms with van der Waals surface area (Å²) >= 11 is 0. The lowest BCUT2D eigenvalue weighted by atomic mass is 9.94. The first-order valence-corrected chi connectivity index (χ1v) is 9.72. The van der Waals surface area contributed by atoms with Gasteiger partial charge in [-0.25, -0.2) is 4.79 Å². The summed E-state index contributed by atoms with van der Waals surface area (Å²) in [6.45, 7) is 4.49. The van der Waals surface area contributed by atoms with E-state index < -0.39 is 0 Å². The number of carbonyl (C=O) groups excluding carboxylic acids is 2. The van der Waals surface area contributed by atoms with Crippen LogP contribution in [-0.4, -0.2) is 54.6 Å². The molecule has 2 heterocycles. The van der Waals surface area contributed by atoms with E-state index in [-0.39, 0.29) is 36.3 Å². The highest BCUT2D eigenvalue weighted by Gasteiger charge is 2.32. The second-order valence-electron chi connectivity index (χ2n) is 7.72. The zero-order valence-corrected chi connectivity index (χ0v) is 16.1. The molecule has 3 rings (SSSR count). The van der Waals surface area contributed by atoms with Gasteiger partial charge in [-0.05, 0) is 52.0 Å². The second-order valence-corrected chi connectivity index (χ2v) is 7.72. The van der Waals surface area contributed by atoms with Crippen molar-refractivity contribution in [3.05, 3.63) is 0 Å². The third-order valence-electron chi connectivity index (χ3n) is 5.85. The summed E-state index contributed by atoms with van der Waals surface area (Å²) in [5.41, 5.74) is 0. The van der Waals surface area contributed by atoms with E-state index in [9.17, 15) is 9.59 Å². The molecule has 1 saturated carbocycles. The van der Waals surface area contributed by atoms with E-state index in [2.05, 4.69) is 22.9 Å². The van der Waals surface area contributed by atoms with Crippen LogP contribution >= 0.6 is 12.4 Å². The van der Waals surface area contributed by atoms with Crippen molar-refractivity contribution in [1.82, 2.24) is 20.9 Å². The Morgan fingerprint density at radius 2 is 1.76 bits per heavy atom. The molecular weight excluding hydrogens is 340 g/mol. The molecule has 0 aromatic carbocycles. The molecule has 144 valence electrons. The summed E-state index contributed by atoms with van der Waals surface area (Å²) in [7, 11) is 0. The number of hydrogen-bond acceptors (Lipinski definition) is 3. The van der Waals surface area contributed by atoms with Crippen LogP contribution in [0.3, 0.4) is 0 Å². The lowest BCUT2D eigenvalue weighted by Crippen LogP contribution is -2.55. The zero-order chi connectivity index (χ0) is 16.9. The van der Waals surface area contributed by atoms with Gasteiger partial charge in [0.05, 0.1) is 5.92 Å². The Hall–Kier alpha value is -1.01. The fraction of sp³-hybridized carbons (Fsp3) is 0.889. The van der Waals surface area contributed by atoms with Crippen LogP contribution in [0.1, 0.15) is 58.3 Å². The van der Waals surface area contributed by atoms with Gasteiger partial charge in [-0.15, -0.1) is 12.4 Å². The van der Waals surface area contributed by atoms with Crippen LogP contribution in [0.4, 0.5) is 4.79 Å². The molecule has 7 heteroatoms. The number of urea groups is 1. The molecule has 2 saturated heterocycles. The van der Waals surface area contributed by atoms with Crippen LogP contribution in [0, 0.1) is 5.92 Å². The molecule has 0 bridgehead atoms. The van der Waals surface area contributed by atoms with Gasteiger partial charge >= 0.3 is 6.03 Å². The molecule has 0 spiro atoms. The molecule has 25 heavy (non-hydrogen) atoms. The molecule has 2 aliphatic heterocycles. The first kappa shape index (κ1) is 20.3. The third-order valence-corrected chi connectivity index (χ3v) is 5.85. The molecule has 3 aliphatic rings. The Balaban J connectivity index is 0.00000225. The number of rotatable bonds is 3. The minimum Gasteiger partial charge on any atom is -0.352 e. The van der Waals surface area contributed by atoms with Crippen LogP contribution in [0.5, 0.6) is 0 Å². The van der Waals surface area contributed by atoms with Crippen molar-refractivity contribution < 1.29 is 9.59 Å². The van der Waals surface area contributed by atoms with E-state index in [1.165, 1.54) is 12.8 Å². The smallest absolute Gasteiger partial charge is 0.317 e. The summed E-state index contributed by atoms with van der Waals surface area (Å²) in [5, 5.41) is 9.77. The number of carbonyl (C=O) groups is 2. The lowest BCUT2D eigenvalue weighted by molar-refractivity contribution is -0.127. The molecule has 0 aromatic heterocycles. The topological polar surface area (TPSA) is 73.5 Å². The van der Waals surface area contributed by atoms with Crippen LogP contribution < -0.4 is 16.0 Å². The normalized spacial score (nSPS) is 30.4. The number of likely N-dealkylation sites (tertiary alicyclic amines) is 1. The average molecular weight is 373 g/mol. The Morgan fingerprint density at radius 3 is 2.48 bits per heavy atom. The summed E-state index contributed by atoms with van der Waals surface area (Å²) in [5.74, 6) is 0.0520. The number of nitrogens with one attached hydrogen (secondary N) is 3. The van der Waals surface area contributed by atoms with Gasteiger partial charge in [0.2, 0.25) is 5.91 Å². The van der Waals surface area contributed by atoms with Crippen LogP contribution in [0.25, 0.3) is 0 Å². The molecule has 3 amide bonds. The second kappa shape index (κ2) is 9.62. The van der Waals surface area contributed by atoms with E-state index in [4.69, 9.17) is 0 Å². The van der Waals surface area contributed by atoms with Crippen molar-refractivity contribution in [3.63, 3.8) is 0 Å². The van der Waals surface area contributed by atoms with Crippen LogP contribution in [0.2, 0.25) is 0 Å². The van der Waals surface area contributed by atoms with Crippen molar-refractivity contribution >= 4 is 24.3 Å². The zero-order valence-electron chi connectivity index (χ0n) is 15.3. The largest absolute Gasteiger partial charge is 0.352 e. The molecule has 0 radical (unpaired) electrons. The Labute approximate surface area is 157 Å². The van der Waals surface area contributed by atoms with E-state index in [1.54, 1.807) is 0 Å². The van der Waals surface area contributed by atoms with E-state index in [0.717, 1.165) is 51.6 Å². The number of nitrogens with zero attached hydrogens (tertiary/aromatic N) is 1. The van der Waals surface area contributed by atoms with Gasteiger partial charge in [-0.2, -0.15) is 0 Å². The SMILES string of the molecule is CC1NCCCC1NC(=O)C1CCCN(C(=O)NC2CCCC2)C1.Cl. The highest BCUT2D eigenvalue weighted by molar-refractivity contribution is 5.85. The van der Waals surface area contributed by atoms with Gasteiger partial charge < -0.3 is 20.9 Å². The van der Waals surface area contributed by atoms with Crippen molar-refractivity contribution in [2.75, 3.05) is 19.6 Å². The fourth-order valence-corrected chi connectivity index (χ4v) is 4.25.